The van der Waals surface area contributed by atoms with Gasteiger partial charge in [0, 0.05) is 10.7 Å². The Labute approximate surface area is 113 Å². The van der Waals surface area contributed by atoms with Crippen LogP contribution in [-0.2, 0) is 21.9 Å². The Kier molecular flexibility index (Phi) is 3.60. The first-order chi connectivity index (χ1) is 8.25. The van der Waals surface area contributed by atoms with Gasteiger partial charge in [-0.05, 0) is 50.3 Å². The molecule has 0 aliphatic carbocycles. The highest BCUT2D eigenvalue weighted by Crippen LogP contribution is 2.33. The standard InChI is InChI=1S/C13H17ClO3S/c1-13(2)7-5-11-9-10(3-4-12(11)17-13)6-8-18(14,15)16/h3-4,9H,5-8H2,1-2H3. The van der Waals surface area contributed by atoms with E-state index in [0.29, 0.717) is 6.42 Å². The molecule has 18 heavy (non-hydrogen) atoms. The van der Waals surface area contributed by atoms with Gasteiger partial charge in [0.05, 0.1) is 5.75 Å². The molecule has 0 atom stereocenters. The van der Waals surface area contributed by atoms with E-state index < -0.39 is 9.05 Å². The number of ether oxygens (including phenoxy) is 1. The third-order valence-corrected chi connectivity index (χ3v) is 4.30. The zero-order valence-corrected chi connectivity index (χ0v) is 12.1. The highest BCUT2D eigenvalue weighted by molar-refractivity contribution is 8.13. The van der Waals surface area contributed by atoms with E-state index in [1.165, 1.54) is 0 Å². The summed E-state index contributed by atoms with van der Waals surface area (Å²) in [6.07, 6.45) is 2.38. The van der Waals surface area contributed by atoms with Crippen molar-refractivity contribution in [3.8, 4) is 5.75 Å². The Balaban J connectivity index is 2.14. The summed E-state index contributed by atoms with van der Waals surface area (Å²) in [7, 11) is 1.79. The molecular formula is C13H17ClO3S. The Bertz CT molecular complexity index is 549. The van der Waals surface area contributed by atoms with E-state index in [9.17, 15) is 8.42 Å². The minimum atomic E-state index is -3.42. The van der Waals surface area contributed by atoms with Crippen LogP contribution in [0.15, 0.2) is 18.2 Å². The van der Waals surface area contributed by atoms with E-state index in [4.69, 9.17) is 15.4 Å². The molecular weight excluding hydrogens is 272 g/mol. The quantitative estimate of drug-likeness (QED) is 0.803. The van der Waals surface area contributed by atoms with E-state index in [1.54, 1.807) is 0 Å². The van der Waals surface area contributed by atoms with Crippen LogP contribution in [0.2, 0.25) is 0 Å². The van der Waals surface area contributed by atoms with E-state index >= 15 is 0 Å². The zero-order chi connectivity index (χ0) is 13.4. The van der Waals surface area contributed by atoms with Gasteiger partial charge in [0.25, 0.3) is 0 Å². The van der Waals surface area contributed by atoms with Crippen LogP contribution in [0.1, 0.15) is 31.4 Å². The summed E-state index contributed by atoms with van der Waals surface area (Å²) in [5, 5.41) is 0. The van der Waals surface area contributed by atoms with Crippen molar-refractivity contribution < 1.29 is 13.2 Å². The van der Waals surface area contributed by atoms with Crippen molar-refractivity contribution in [1.82, 2.24) is 0 Å². The lowest BCUT2D eigenvalue weighted by Crippen LogP contribution is -2.32. The van der Waals surface area contributed by atoms with Crippen molar-refractivity contribution in [3.05, 3.63) is 29.3 Å². The van der Waals surface area contributed by atoms with Crippen molar-refractivity contribution in [2.24, 2.45) is 0 Å². The van der Waals surface area contributed by atoms with Gasteiger partial charge in [0.2, 0.25) is 9.05 Å². The molecule has 100 valence electrons. The molecule has 1 aromatic carbocycles. The molecule has 1 aliphatic heterocycles. The highest BCUT2D eigenvalue weighted by Gasteiger charge is 2.26. The van der Waals surface area contributed by atoms with Gasteiger partial charge < -0.3 is 4.74 Å². The summed E-state index contributed by atoms with van der Waals surface area (Å²) in [5.41, 5.74) is 2.02. The normalized spacial score (nSPS) is 17.9. The summed E-state index contributed by atoms with van der Waals surface area (Å²) >= 11 is 0. The average molecular weight is 289 g/mol. The molecule has 1 heterocycles. The lowest BCUT2D eigenvalue weighted by atomic mass is 9.93. The fourth-order valence-corrected chi connectivity index (χ4v) is 2.82. The fraction of sp³-hybridized carbons (Fsp3) is 0.538. The first-order valence-electron chi connectivity index (χ1n) is 5.98. The van der Waals surface area contributed by atoms with Gasteiger partial charge in [0.1, 0.15) is 11.4 Å². The van der Waals surface area contributed by atoms with E-state index in [-0.39, 0.29) is 11.4 Å². The van der Waals surface area contributed by atoms with E-state index in [1.807, 2.05) is 18.2 Å². The molecule has 0 unspecified atom stereocenters. The minimum Gasteiger partial charge on any atom is -0.488 e. The number of benzene rings is 1. The van der Waals surface area contributed by atoms with Crippen LogP contribution in [0, 0.1) is 0 Å². The molecule has 0 aromatic heterocycles. The van der Waals surface area contributed by atoms with Gasteiger partial charge >= 0.3 is 0 Å². The molecule has 0 fully saturated rings. The summed E-state index contributed by atoms with van der Waals surface area (Å²) < 4.78 is 27.7. The second-order valence-corrected chi connectivity index (χ2v) is 8.19. The molecule has 5 heteroatoms. The molecule has 0 spiro atoms. The van der Waals surface area contributed by atoms with Crippen LogP contribution in [0.3, 0.4) is 0 Å². The Hall–Kier alpha value is -0.740. The summed E-state index contributed by atoms with van der Waals surface area (Å²) in [6, 6.07) is 5.85. The first kappa shape index (κ1) is 13.7. The maximum absolute atomic E-state index is 10.9. The number of fused-ring (bicyclic) bond motifs is 1. The molecule has 1 aromatic rings. The third kappa shape index (κ3) is 3.62. The molecule has 0 N–H and O–H groups in total. The van der Waals surface area contributed by atoms with Crippen LogP contribution >= 0.6 is 10.7 Å². The Morgan fingerprint density at radius 3 is 2.78 bits per heavy atom. The number of hydrogen-bond donors (Lipinski definition) is 0. The molecule has 1 aliphatic rings. The van der Waals surface area contributed by atoms with Crippen molar-refractivity contribution in [2.75, 3.05) is 5.75 Å². The lowest BCUT2D eigenvalue weighted by Gasteiger charge is -2.32. The molecule has 3 nitrogen and oxygen atoms in total. The van der Waals surface area contributed by atoms with Crippen LogP contribution in [-0.4, -0.2) is 19.8 Å². The lowest BCUT2D eigenvalue weighted by molar-refractivity contribution is 0.0846. The van der Waals surface area contributed by atoms with Gasteiger partial charge in [0.15, 0.2) is 0 Å². The number of hydrogen-bond acceptors (Lipinski definition) is 3. The fourth-order valence-electron chi connectivity index (χ4n) is 2.11. The number of halogens is 1. The summed E-state index contributed by atoms with van der Waals surface area (Å²) in [4.78, 5) is 0. The second-order valence-electron chi connectivity index (χ2n) is 5.30. The van der Waals surface area contributed by atoms with Gasteiger partial charge in [-0.15, -0.1) is 0 Å². The van der Waals surface area contributed by atoms with Gasteiger partial charge in [-0.3, -0.25) is 0 Å². The second kappa shape index (κ2) is 4.74. The molecule has 0 saturated carbocycles. The number of rotatable bonds is 3. The Morgan fingerprint density at radius 2 is 2.11 bits per heavy atom. The topological polar surface area (TPSA) is 43.4 Å². The Morgan fingerprint density at radius 1 is 1.39 bits per heavy atom. The van der Waals surface area contributed by atoms with Gasteiger partial charge in [-0.25, -0.2) is 8.42 Å². The van der Waals surface area contributed by atoms with E-state index in [0.717, 1.165) is 29.7 Å². The maximum atomic E-state index is 10.9. The van der Waals surface area contributed by atoms with Gasteiger partial charge in [-0.2, -0.15) is 0 Å². The van der Waals surface area contributed by atoms with Crippen LogP contribution in [0.5, 0.6) is 5.75 Å². The summed E-state index contributed by atoms with van der Waals surface area (Å²) in [5.74, 6) is 0.878. The SMILES string of the molecule is CC1(C)CCc2cc(CCS(=O)(=O)Cl)ccc2O1. The van der Waals surface area contributed by atoms with Gasteiger partial charge in [-0.1, -0.05) is 12.1 Å². The van der Waals surface area contributed by atoms with Crippen molar-refractivity contribution in [2.45, 2.75) is 38.7 Å². The molecule has 0 saturated heterocycles. The molecule has 2 rings (SSSR count). The van der Waals surface area contributed by atoms with Crippen molar-refractivity contribution in [1.29, 1.82) is 0 Å². The predicted octanol–water partition coefficient (Wildman–Crippen LogP) is 2.90. The predicted molar refractivity (Wildman–Crippen MR) is 72.8 cm³/mol. The largest absolute Gasteiger partial charge is 0.488 e. The average Bonchev–Trinajstić information content (AvgIpc) is 2.24. The van der Waals surface area contributed by atoms with Crippen molar-refractivity contribution >= 4 is 19.7 Å². The first-order valence-corrected chi connectivity index (χ1v) is 8.46. The zero-order valence-electron chi connectivity index (χ0n) is 10.6. The highest BCUT2D eigenvalue weighted by atomic mass is 35.7. The third-order valence-electron chi connectivity index (χ3n) is 3.14. The summed E-state index contributed by atoms with van der Waals surface area (Å²) in [6.45, 7) is 4.15. The molecule has 0 bridgehead atoms. The smallest absolute Gasteiger partial charge is 0.232 e. The van der Waals surface area contributed by atoms with Crippen LogP contribution in [0.25, 0.3) is 0 Å². The van der Waals surface area contributed by atoms with Crippen molar-refractivity contribution in [3.63, 3.8) is 0 Å². The van der Waals surface area contributed by atoms with Crippen LogP contribution < -0.4 is 4.74 Å². The van der Waals surface area contributed by atoms with Crippen LogP contribution in [0.4, 0.5) is 0 Å². The molecule has 0 radical (unpaired) electrons. The maximum Gasteiger partial charge on any atom is 0.232 e. The minimum absolute atomic E-state index is 0.0281. The molecule has 0 amide bonds. The number of aryl methyl sites for hydroxylation is 2. The monoisotopic (exact) mass is 288 g/mol. The van der Waals surface area contributed by atoms with E-state index in [2.05, 4.69) is 13.8 Å².